The molecule has 9 heteroatoms. The lowest BCUT2D eigenvalue weighted by molar-refractivity contribution is -0.385. The molecule has 9 nitrogen and oxygen atoms in total. The average molecular weight is 399 g/mol. The van der Waals surface area contributed by atoms with Gasteiger partial charge >= 0.3 is 0 Å². The van der Waals surface area contributed by atoms with E-state index in [0.29, 0.717) is 18.1 Å². The van der Waals surface area contributed by atoms with E-state index in [1.807, 2.05) is 6.92 Å². The molecule has 0 aromatic heterocycles. The molecule has 152 valence electrons. The SMILES string of the molecule is CCOc1ccc(O[C@@H](C)C(=O)NNC(=O)/C=C/c2ccccc2[N+](=O)[O-])cc1. The largest absolute Gasteiger partial charge is 0.494 e. The molecule has 0 aliphatic heterocycles. The fourth-order valence-electron chi connectivity index (χ4n) is 2.27. The summed E-state index contributed by atoms with van der Waals surface area (Å²) in [7, 11) is 0. The molecule has 0 radical (unpaired) electrons. The zero-order valence-electron chi connectivity index (χ0n) is 16.0. The molecule has 2 rings (SSSR count). The quantitative estimate of drug-likeness (QED) is 0.400. The van der Waals surface area contributed by atoms with Gasteiger partial charge in [0.15, 0.2) is 6.10 Å². The molecule has 2 N–H and O–H groups in total. The number of nitrogens with one attached hydrogen (secondary N) is 2. The summed E-state index contributed by atoms with van der Waals surface area (Å²) in [5, 5.41) is 11.0. The van der Waals surface area contributed by atoms with Crippen LogP contribution in [0.3, 0.4) is 0 Å². The summed E-state index contributed by atoms with van der Waals surface area (Å²) in [5.74, 6) is -0.0514. The van der Waals surface area contributed by atoms with Crippen LogP contribution in [0.4, 0.5) is 5.69 Å². The lowest BCUT2D eigenvalue weighted by atomic mass is 10.1. The summed E-state index contributed by atoms with van der Waals surface area (Å²) in [5.41, 5.74) is 4.58. The first-order valence-corrected chi connectivity index (χ1v) is 8.81. The highest BCUT2D eigenvalue weighted by Crippen LogP contribution is 2.19. The van der Waals surface area contributed by atoms with Gasteiger partial charge in [-0.25, -0.2) is 0 Å². The maximum Gasteiger partial charge on any atom is 0.279 e. The van der Waals surface area contributed by atoms with Crippen LogP contribution in [0, 0.1) is 10.1 Å². The van der Waals surface area contributed by atoms with Gasteiger partial charge in [0, 0.05) is 12.1 Å². The predicted octanol–water partition coefficient (Wildman–Crippen LogP) is 2.62. The Labute approximate surface area is 167 Å². The number of benzene rings is 2. The van der Waals surface area contributed by atoms with Crippen molar-refractivity contribution in [2.75, 3.05) is 6.61 Å². The summed E-state index contributed by atoms with van der Waals surface area (Å²) in [6, 6.07) is 12.8. The minimum absolute atomic E-state index is 0.127. The Morgan fingerprint density at radius 2 is 1.76 bits per heavy atom. The van der Waals surface area contributed by atoms with Gasteiger partial charge in [-0.15, -0.1) is 0 Å². The van der Waals surface area contributed by atoms with Crippen molar-refractivity contribution in [2.24, 2.45) is 0 Å². The molecule has 0 bridgehead atoms. The monoisotopic (exact) mass is 399 g/mol. The topological polar surface area (TPSA) is 120 Å². The number of hydrogen-bond acceptors (Lipinski definition) is 6. The van der Waals surface area contributed by atoms with Gasteiger partial charge < -0.3 is 9.47 Å². The molecule has 0 aliphatic carbocycles. The predicted molar refractivity (Wildman–Crippen MR) is 106 cm³/mol. The number of nitro groups is 1. The van der Waals surface area contributed by atoms with Crippen molar-refractivity contribution in [3.63, 3.8) is 0 Å². The lowest BCUT2D eigenvalue weighted by Crippen LogP contribution is -2.46. The minimum atomic E-state index is -0.868. The number of carbonyl (C=O) groups is 2. The third-order valence-electron chi connectivity index (χ3n) is 3.67. The number of nitrogens with zero attached hydrogens (tertiary/aromatic N) is 1. The number of hydrogen-bond donors (Lipinski definition) is 2. The highest BCUT2D eigenvalue weighted by molar-refractivity contribution is 5.94. The molecule has 2 amide bonds. The molecule has 29 heavy (non-hydrogen) atoms. The van der Waals surface area contributed by atoms with Crippen molar-refractivity contribution in [2.45, 2.75) is 20.0 Å². The van der Waals surface area contributed by atoms with E-state index in [2.05, 4.69) is 10.9 Å². The summed E-state index contributed by atoms with van der Waals surface area (Å²) in [4.78, 5) is 34.3. The van der Waals surface area contributed by atoms with Crippen LogP contribution >= 0.6 is 0 Å². The normalized spacial score (nSPS) is 11.5. The van der Waals surface area contributed by atoms with Crippen molar-refractivity contribution in [1.82, 2.24) is 10.9 Å². The number of para-hydroxylation sites is 1. The van der Waals surface area contributed by atoms with Gasteiger partial charge in [-0.1, -0.05) is 12.1 Å². The van der Waals surface area contributed by atoms with Crippen molar-refractivity contribution < 1.29 is 24.0 Å². The standard InChI is InChI=1S/C20H21N3O6/c1-3-28-16-9-11-17(12-10-16)29-14(2)20(25)22-21-19(24)13-8-15-6-4-5-7-18(15)23(26)27/h4-14H,3H2,1-2H3,(H,21,24)(H,22,25)/b13-8+/t14-/m0/s1. The first-order valence-electron chi connectivity index (χ1n) is 8.81. The lowest BCUT2D eigenvalue weighted by Gasteiger charge is -2.15. The number of hydrazine groups is 1. The van der Waals surface area contributed by atoms with Crippen LogP contribution in [-0.2, 0) is 9.59 Å². The van der Waals surface area contributed by atoms with Gasteiger partial charge in [0.2, 0.25) is 0 Å². The van der Waals surface area contributed by atoms with E-state index in [1.54, 1.807) is 30.3 Å². The van der Waals surface area contributed by atoms with E-state index >= 15 is 0 Å². The van der Waals surface area contributed by atoms with E-state index in [9.17, 15) is 19.7 Å². The smallest absolute Gasteiger partial charge is 0.279 e. The van der Waals surface area contributed by atoms with Crippen LogP contribution in [-0.4, -0.2) is 29.4 Å². The van der Waals surface area contributed by atoms with Gasteiger partial charge in [0.05, 0.1) is 17.1 Å². The molecule has 0 heterocycles. The van der Waals surface area contributed by atoms with Gasteiger partial charge in [-0.3, -0.25) is 30.6 Å². The van der Waals surface area contributed by atoms with Crippen molar-refractivity contribution in [3.8, 4) is 11.5 Å². The molecule has 2 aromatic rings. The molecular weight excluding hydrogens is 378 g/mol. The Morgan fingerprint density at radius 3 is 2.41 bits per heavy atom. The van der Waals surface area contributed by atoms with Crippen LogP contribution in [0.25, 0.3) is 6.08 Å². The fourth-order valence-corrected chi connectivity index (χ4v) is 2.27. The van der Waals surface area contributed by atoms with Crippen molar-refractivity contribution >= 4 is 23.6 Å². The molecule has 0 aliphatic rings. The summed E-state index contributed by atoms with van der Waals surface area (Å²) in [6.45, 7) is 3.95. The zero-order valence-corrected chi connectivity index (χ0v) is 16.0. The maximum absolute atomic E-state index is 12.1. The number of ether oxygens (including phenoxy) is 2. The minimum Gasteiger partial charge on any atom is -0.494 e. The highest BCUT2D eigenvalue weighted by Gasteiger charge is 2.15. The van der Waals surface area contributed by atoms with E-state index in [0.717, 1.165) is 6.08 Å². The van der Waals surface area contributed by atoms with Crippen LogP contribution < -0.4 is 20.3 Å². The summed E-state index contributed by atoms with van der Waals surface area (Å²) >= 11 is 0. The molecular formula is C20H21N3O6. The second kappa shape index (κ2) is 10.5. The number of nitro benzene ring substituents is 1. The number of rotatable bonds is 8. The van der Waals surface area contributed by atoms with Crippen LogP contribution in [0.5, 0.6) is 11.5 Å². The highest BCUT2D eigenvalue weighted by atomic mass is 16.6. The van der Waals surface area contributed by atoms with Crippen molar-refractivity contribution in [3.05, 3.63) is 70.3 Å². The third kappa shape index (κ3) is 6.65. The molecule has 1 atom stereocenters. The van der Waals surface area contributed by atoms with Gasteiger partial charge in [0.1, 0.15) is 11.5 Å². The first kappa shape index (κ1) is 21.4. The molecule has 0 saturated carbocycles. The van der Waals surface area contributed by atoms with Gasteiger partial charge in [-0.2, -0.15) is 0 Å². The Bertz CT molecular complexity index is 895. The second-order valence-electron chi connectivity index (χ2n) is 5.79. The van der Waals surface area contributed by atoms with Crippen LogP contribution in [0.1, 0.15) is 19.4 Å². The van der Waals surface area contributed by atoms with E-state index in [1.165, 1.54) is 31.2 Å². The van der Waals surface area contributed by atoms with E-state index in [-0.39, 0.29) is 11.3 Å². The summed E-state index contributed by atoms with van der Waals surface area (Å²) < 4.78 is 10.8. The Balaban J connectivity index is 1.84. The van der Waals surface area contributed by atoms with Crippen LogP contribution in [0.2, 0.25) is 0 Å². The van der Waals surface area contributed by atoms with Gasteiger partial charge in [0.25, 0.3) is 17.5 Å². The Morgan fingerprint density at radius 1 is 1.10 bits per heavy atom. The Hall–Kier alpha value is -3.88. The summed E-state index contributed by atoms with van der Waals surface area (Å²) in [6.07, 6.45) is 1.51. The number of carbonyl (C=O) groups excluding carboxylic acids is 2. The Kier molecular flexibility index (Phi) is 7.72. The fraction of sp³-hybridized carbons (Fsp3) is 0.200. The molecule has 0 unspecified atom stereocenters. The average Bonchev–Trinajstić information content (AvgIpc) is 2.72. The molecule has 2 aromatic carbocycles. The molecule has 0 fully saturated rings. The molecule has 0 spiro atoms. The zero-order chi connectivity index (χ0) is 21.2. The molecule has 0 saturated heterocycles. The van der Waals surface area contributed by atoms with Crippen LogP contribution in [0.15, 0.2) is 54.6 Å². The maximum atomic E-state index is 12.1. The number of amides is 2. The van der Waals surface area contributed by atoms with E-state index in [4.69, 9.17) is 9.47 Å². The van der Waals surface area contributed by atoms with Gasteiger partial charge in [-0.05, 0) is 50.3 Å². The third-order valence-corrected chi connectivity index (χ3v) is 3.67. The van der Waals surface area contributed by atoms with Crippen molar-refractivity contribution in [1.29, 1.82) is 0 Å². The first-order chi connectivity index (χ1) is 13.9. The van der Waals surface area contributed by atoms with E-state index < -0.39 is 22.8 Å². The second-order valence-corrected chi connectivity index (χ2v) is 5.79.